The molecule has 1 saturated heterocycles. The van der Waals surface area contributed by atoms with Crippen LogP contribution in [0.1, 0.15) is 43.0 Å². The maximum Gasteiger partial charge on any atom is 0.255 e. The van der Waals surface area contributed by atoms with E-state index in [0.717, 1.165) is 29.8 Å². The molecular weight excluding hydrogens is 450 g/mol. The van der Waals surface area contributed by atoms with Crippen molar-refractivity contribution in [3.8, 4) is 0 Å². The van der Waals surface area contributed by atoms with Gasteiger partial charge in [-0.3, -0.25) is 13.9 Å². The predicted octanol–water partition coefficient (Wildman–Crippen LogP) is 4.15. The first-order valence-corrected chi connectivity index (χ1v) is 12.9. The van der Waals surface area contributed by atoms with E-state index >= 15 is 0 Å². The molecule has 0 spiro atoms. The smallest absolute Gasteiger partial charge is 0.255 e. The van der Waals surface area contributed by atoms with Crippen molar-refractivity contribution in [1.82, 2.24) is 4.90 Å². The zero-order chi connectivity index (χ0) is 23.3. The topological polar surface area (TPSA) is 86.8 Å². The Balaban J connectivity index is 1.89. The van der Waals surface area contributed by atoms with Crippen LogP contribution in [0.5, 0.6) is 0 Å². The summed E-state index contributed by atoms with van der Waals surface area (Å²) in [6.07, 6.45) is 4.33. The summed E-state index contributed by atoms with van der Waals surface area (Å²) in [6.45, 7) is 3.12. The number of hydrogen-bond donors (Lipinski definition) is 1. The number of hydrogen-bond acceptors (Lipinski definition) is 4. The molecule has 1 fully saturated rings. The van der Waals surface area contributed by atoms with E-state index in [4.69, 9.17) is 11.6 Å². The highest BCUT2D eigenvalue weighted by Gasteiger charge is 2.32. The van der Waals surface area contributed by atoms with Gasteiger partial charge >= 0.3 is 0 Å². The average molecular weight is 478 g/mol. The first-order valence-electron chi connectivity index (χ1n) is 10.7. The Bertz CT molecular complexity index is 1070. The number of piperidine rings is 1. The van der Waals surface area contributed by atoms with Crippen LogP contribution in [0, 0.1) is 0 Å². The number of likely N-dealkylation sites (tertiary alicyclic amines) is 1. The van der Waals surface area contributed by atoms with Gasteiger partial charge < -0.3 is 10.2 Å². The van der Waals surface area contributed by atoms with Gasteiger partial charge in [0, 0.05) is 18.1 Å². The molecule has 9 heteroatoms. The summed E-state index contributed by atoms with van der Waals surface area (Å²) in [5.74, 6) is -0.641. The van der Waals surface area contributed by atoms with E-state index in [1.165, 1.54) is 0 Å². The first kappa shape index (κ1) is 24.1. The summed E-state index contributed by atoms with van der Waals surface area (Å²) in [4.78, 5) is 28.1. The monoisotopic (exact) mass is 477 g/mol. The van der Waals surface area contributed by atoms with Gasteiger partial charge in [0.05, 0.1) is 23.2 Å². The zero-order valence-corrected chi connectivity index (χ0v) is 19.8. The predicted molar refractivity (Wildman–Crippen MR) is 128 cm³/mol. The van der Waals surface area contributed by atoms with Gasteiger partial charge in [-0.05, 0) is 62.1 Å². The molecule has 32 heavy (non-hydrogen) atoms. The second-order valence-corrected chi connectivity index (χ2v) is 10.1. The number of nitrogens with one attached hydrogen (secondary N) is 1. The number of rotatable bonds is 7. The lowest BCUT2D eigenvalue weighted by atomic mass is 10.1. The van der Waals surface area contributed by atoms with E-state index in [-0.39, 0.29) is 12.3 Å². The average Bonchev–Trinajstić information content (AvgIpc) is 2.78. The van der Waals surface area contributed by atoms with E-state index in [0.29, 0.717) is 35.1 Å². The third-order valence-electron chi connectivity index (χ3n) is 5.47. The van der Waals surface area contributed by atoms with Crippen LogP contribution >= 0.6 is 11.6 Å². The lowest BCUT2D eigenvalue weighted by Crippen LogP contribution is -2.47. The Morgan fingerprint density at radius 3 is 2.28 bits per heavy atom. The molecule has 1 heterocycles. The van der Waals surface area contributed by atoms with Crippen molar-refractivity contribution in [3.63, 3.8) is 0 Å². The van der Waals surface area contributed by atoms with E-state index in [1.807, 2.05) is 0 Å². The minimum absolute atomic E-state index is 0.133. The van der Waals surface area contributed by atoms with Gasteiger partial charge in [-0.15, -0.1) is 0 Å². The highest BCUT2D eigenvalue weighted by Crippen LogP contribution is 2.26. The van der Waals surface area contributed by atoms with Crippen LogP contribution < -0.4 is 9.62 Å². The Morgan fingerprint density at radius 1 is 1.06 bits per heavy atom. The maximum atomic E-state index is 13.3. The number of halogens is 1. The van der Waals surface area contributed by atoms with Gasteiger partial charge in [0.1, 0.15) is 6.04 Å². The Labute approximate surface area is 194 Å². The minimum atomic E-state index is -3.77. The number of sulfonamides is 1. The van der Waals surface area contributed by atoms with E-state index in [1.54, 1.807) is 60.4 Å². The quantitative estimate of drug-likeness (QED) is 0.649. The maximum absolute atomic E-state index is 13.3. The van der Waals surface area contributed by atoms with E-state index in [9.17, 15) is 18.0 Å². The number of nitrogens with zero attached hydrogens (tertiary/aromatic N) is 2. The summed E-state index contributed by atoms with van der Waals surface area (Å²) in [6, 6.07) is 12.1. The zero-order valence-electron chi connectivity index (χ0n) is 18.3. The van der Waals surface area contributed by atoms with Crippen LogP contribution in [0.3, 0.4) is 0 Å². The number of anilines is 2. The van der Waals surface area contributed by atoms with Gasteiger partial charge in [-0.1, -0.05) is 30.7 Å². The largest absolute Gasteiger partial charge is 0.339 e. The molecule has 1 N–H and O–H groups in total. The molecule has 1 atom stereocenters. The molecule has 0 radical (unpaired) electrons. The normalized spacial score (nSPS) is 15.2. The molecule has 0 aromatic heterocycles. The third kappa shape index (κ3) is 5.61. The van der Waals surface area contributed by atoms with Crippen LogP contribution in [-0.2, 0) is 14.8 Å². The molecule has 2 aromatic rings. The fraction of sp³-hybridized carbons (Fsp3) is 0.391. The van der Waals surface area contributed by atoms with Crippen LogP contribution in [-0.4, -0.2) is 50.5 Å². The Hall–Kier alpha value is -2.58. The van der Waals surface area contributed by atoms with Crippen molar-refractivity contribution in [2.75, 3.05) is 29.0 Å². The molecule has 2 aromatic carbocycles. The highest BCUT2D eigenvalue weighted by atomic mass is 35.5. The van der Waals surface area contributed by atoms with Crippen molar-refractivity contribution >= 4 is 44.8 Å². The molecule has 3 rings (SSSR count). The van der Waals surface area contributed by atoms with Crippen LogP contribution in [0.25, 0.3) is 0 Å². The van der Waals surface area contributed by atoms with E-state index < -0.39 is 22.0 Å². The summed E-state index contributed by atoms with van der Waals surface area (Å²) < 4.78 is 26.3. The molecule has 7 nitrogen and oxygen atoms in total. The molecule has 0 bridgehead atoms. The minimum Gasteiger partial charge on any atom is -0.339 e. The molecule has 1 unspecified atom stereocenters. The summed E-state index contributed by atoms with van der Waals surface area (Å²) in [5.41, 5.74) is 1.11. The lowest BCUT2D eigenvalue weighted by Gasteiger charge is -2.31. The summed E-state index contributed by atoms with van der Waals surface area (Å²) in [5, 5.41) is 3.26. The van der Waals surface area contributed by atoms with Crippen molar-refractivity contribution in [2.45, 2.75) is 38.6 Å². The van der Waals surface area contributed by atoms with Gasteiger partial charge in [0.15, 0.2) is 0 Å². The Morgan fingerprint density at radius 2 is 1.69 bits per heavy atom. The van der Waals surface area contributed by atoms with Crippen molar-refractivity contribution in [3.05, 3.63) is 59.1 Å². The fourth-order valence-electron chi connectivity index (χ4n) is 3.91. The number of benzene rings is 2. The summed E-state index contributed by atoms with van der Waals surface area (Å²) >= 11 is 5.94. The van der Waals surface area contributed by atoms with Crippen LogP contribution in [0.4, 0.5) is 11.4 Å². The standard InChI is InChI=1S/C23H28ClN3O4S/c1-3-21(27(32(2,30)31)18-13-11-17(24)12-14-18)22(28)25-20-10-6-5-9-19(20)23(29)26-15-7-4-8-16-26/h5-6,9-14,21H,3-4,7-8,15-16H2,1-2H3,(H,25,28). The molecule has 1 aliphatic heterocycles. The molecule has 0 aliphatic carbocycles. The highest BCUT2D eigenvalue weighted by molar-refractivity contribution is 7.92. The Kier molecular flexibility index (Phi) is 7.79. The van der Waals surface area contributed by atoms with E-state index in [2.05, 4.69) is 5.32 Å². The molecule has 172 valence electrons. The second-order valence-electron chi connectivity index (χ2n) is 7.85. The van der Waals surface area contributed by atoms with Crippen LogP contribution in [0.15, 0.2) is 48.5 Å². The van der Waals surface area contributed by atoms with Gasteiger partial charge in [-0.25, -0.2) is 8.42 Å². The SMILES string of the molecule is CCC(C(=O)Nc1ccccc1C(=O)N1CCCCC1)N(c1ccc(Cl)cc1)S(C)(=O)=O. The lowest BCUT2D eigenvalue weighted by molar-refractivity contribution is -0.117. The van der Waals surface area contributed by atoms with Gasteiger partial charge in [-0.2, -0.15) is 0 Å². The number of amides is 2. The number of para-hydroxylation sites is 1. The van der Waals surface area contributed by atoms with Crippen molar-refractivity contribution < 1.29 is 18.0 Å². The molecule has 0 saturated carbocycles. The molecule has 2 amide bonds. The third-order valence-corrected chi connectivity index (χ3v) is 6.90. The number of carbonyl (C=O) groups is 2. The summed E-state index contributed by atoms with van der Waals surface area (Å²) in [7, 11) is -3.77. The second kappa shape index (κ2) is 10.4. The van der Waals surface area contributed by atoms with Crippen molar-refractivity contribution in [2.24, 2.45) is 0 Å². The fourth-order valence-corrected chi connectivity index (χ4v) is 5.25. The molecular formula is C23H28ClN3O4S. The number of carbonyl (C=O) groups excluding carboxylic acids is 2. The van der Waals surface area contributed by atoms with Gasteiger partial charge in [0.25, 0.3) is 5.91 Å². The van der Waals surface area contributed by atoms with Crippen LogP contribution in [0.2, 0.25) is 5.02 Å². The van der Waals surface area contributed by atoms with Crippen molar-refractivity contribution in [1.29, 1.82) is 0 Å². The van der Waals surface area contributed by atoms with Gasteiger partial charge in [0.2, 0.25) is 15.9 Å². The molecule has 1 aliphatic rings. The first-order chi connectivity index (χ1) is 15.2.